The summed E-state index contributed by atoms with van der Waals surface area (Å²) >= 11 is 7.85. The molecule has 0 radical (unpaired) electrons. The van der Waals surface area contributed by atoms with Gasteiger partial charge in [0.1, 0.15) is 5.75 Å². The minimum Gasteiger partial charge on any atom is -0.495 e. The number of hydrogen-bond acceptors (Lipinski definition) is 6. The molecule has 33 heavy (non-hydrogen) atoms. The van der Waals surface area contributed by atoms with Crippen molar-refractivity contribution in [2.45, 2.75) is 10.9 Å². The minimum atomic E-state index is 0.556. The van der Waals surface area contributed by atoms with Gasteiger partial charge in [0.15, 0.2) is 16.6 Å². The molecule has 3 heterocycles. The lowest BCUT2D eigenvalue weighted by molar-refractivity contribution is 0.412. The van der Waals surface area contributed by atoms with Gasteiger partial charge in [-0.3, -0.25) is 4.57 Å². The molecule has 0 aliphatic carbocycles. The van der Waals surface area contributed by atoms with E-state index in [-0.39, 0.29) is 0 Å². The fraction of sp³-hybridized carbons (Fsp3) is 0.125. The number of fused-ring (bicyclic) bond motifs is 1. The first-order valence-corrected chi connectivity index (χ1v) is 11.4. The number of ether oxygens (including phenoxy) is 1. The molecule has 0 atom stereocenters. The van der Waals surface area contributed by atoms with Gasteiger partial charge in [-0.2, -0.15) is 5.26 Å². The van der Waals surface area contributed by atoms with E-state index in [4.69, 9.17) is 20.8 Å². The van der Waals surface area contributed by atoms with Crippen LogP contribution in [0.1, 0.15) is 11.1 Å². The van der Waals surface area contributed by atoms with Crippen molar-refractivity contribution in [3.63, 3.8) is 0 Å². The van der Waals surface area contributed by atoms with Crippen LogP contribution in [-0.2, 0) is 12.8 Å². The average Bonchev–Trinajstić information content (AvgIpc) is 3.54. The Morgan fingerprint density at radius 1 is 1.15 bits per heavy atom. The van der Waals surface area contributed by atoms with Gasteiger partial charge in [-0.15, -0.1) is 10.2 Å². The van der Waals surface area contributed by atoms with Gasteiger partial charge in [0.05, 0.1) is 41.9 Å². The second kappa shape index (κ2) is 8.70. The smallest absolute Gasteiger partial charge is 0.196 e. The first-order chi connectivity index (χ1) is 16.1. The Balaban J connectivity index is 1.66. The third-order valence-electron chi connectivity index (χ3n) is 5.40. The summed E-state index contributed by atoms with van der Waals surface area (Å²) in [6.07, 6.45) is 1.66. The molecule has 2 aromatic carbocycles. The van der Waals surface area contributed by atoms with Crippen LogP contribution < -0.4 is 4.74 Å². The summed E-state index contributed by atoms with van der Waals surface area (Å²) in [5, 5.41) is 19.7. The molecule has 0 fully saturated rings. The molecule has 0 bridgehead atoms. The number of hydrogen-bond donors (Lipinski definition) is 0. The van der Waals surface area contributed by atoms with Crippen molar-refractivity contribution in [1.29, 1.82) is 5.26 Å². The molecular formula is C24H18ClN5O2S. The van der Waals surface area contributed by atoms with Crippen LogP contribution in [0.5, 0.6) is 5.75 Å². The van der Waals surface area contributed by atoms with E-state index in [9.17, 15) is 5.26 Å². The van der Waals surface area contributed by atoms with E-state index >= 15 is 0 Å². The van der Waals surface area contributed by atoms with Crippen LogP contribution in [-0.4, -0.2) is 26.4 Å². The topological polar surface area (TPSA) is 81.8 Å². The number of aryl methyl sites for hydroxylation is 1. The zero-order valence-electron chi connectivity index (χ0n) is 17.8. The SMILES string of the molecule is COc1ccc(Cl)cc1-n1c(SCc2ccccc2C#N)nnc1-c1cc2occc2n1C. The molecule has 0 N–H and O–H groups in total. The fourth-order valence-electron chi connectivity index (χ4n) is 3.75. The Kier molecular flexibility index (Phi) is 5.58. The highest BCUT2D eigenvalue weighted by atomic mass is 35.5. The lowest BCUT2D eigenvalue weighted by atomic mass is 10.1. The van der Waals surface area contributed by atoms with E-state index in [0.717, 1.165) is 28.0 Å². The highest BCUT2D eigenvalue weighted by Crippen LogP contribution is 2.36. The molecule has 0 unspecified atom stereocenters. The Labute approximate surface area is 199 Å². The predicted octanol–water partition coefficient (Wildman–Crippen LogP) is 5.84. The number of thioether (sulfide) groups is 1. The molecule has 0 amide bonds. The molecule has 3 aromatic heterocycles. The second-order valence-corrected chi connectivity index (χ2v) is 8.65. The Morgan fingerprint density at radius 3 is 2.79 bits per heavy atom. The summed E-state index contributed by atoms with van der Waals surface area (Å²) in [6, 6.07) is 19.0. The lowest BCUT2D eigenvalue weighted by Crippen LogP contribution is -2.04. The van der Waals surface area contributed by atoms with Crippen molar-refractivity contribution in [3.8, 4) is 29.0 Å². The summed E-state index contributed by atoms with van der Waals surface area (Å²) in [5.41, 5.74) is 4.84. The molecular weight excluding hydrogens is 458 g/mol. The zero-order chi connectivity index (χ0) is 22.9. The molecule has 5 aromatic rings. The maximum atomic E-state index is 9.44. The van der Waals surface area contributed by atoms with E-state index < -0.39 is 0 Å². The average molecular weight is 476 g/mol. The molecule has 7 nitrogen and oxygen atoms in total. The van der Waals surface area contributed by atoms with E-state index in [1.165, 1.54) is 11.8 Å². The normalized spacial score (nSPS) is 11.1. The third-order valence-corrected chi connectivity index (χ3v) is 6.62. The van der Waals surface area contributed by atoms with Crippen LogP contribution in [0.2, 0.25) is 5.02 Å². The number of furan rings is 1. The van der Waals surface area contributed by atoms with Crippen molar-refractivity contribution in [3.05, 3.63) is 77.0 Å². The van der Waals surface area contributed by atoms with Gasteiger partial charge >= 0.3 is 0 Å². The van der Waals surface area contributed by atoms with E-state index in [2.05, 4.69) is 16.3 Å². The number of nitriles is 1. The Morgan fingerprint density at radius 2 is 2.00 bits per heavy atom. The van der Waals surface area contributed by atoms with E-state index in [1.807, 2.05) is 64.7 Å². The number of rotatable bonds is 6. The highest BCUT2D eigenvalue weighted by Gasteiger charge is 2.23. The van der Waals surface area contributed by atoms with E-state index in [0.29, 0.717) is 33.1 Å². The molecule has 0 saturated heterocycles. The largest absolute Gasteiger partial charge is 0.495 e. The van der Waals surface area contributed by atoms with Crippen molar-refractivity contribution < 1.29 is 9.15 Å². The number of methoxy groups -OCH3 is 1. The summed E-state index contributed by atoms with van der Waals surface area (Å²) in [7, 11) is 3.57. The second-order valence-electron chi connectivity index (χ2n) is 7.27. The van der Waals surface area contributed by atoms with Crippen LogP contribution in [0, 0.1) is 11.3 Å². The van der Waals surface area contributed by atoms with Crippen LogP contribution in [0.3, 0.4) is 0 Å². The van der Waals surface area contributed by atoms with Crippen LogP contribution >= 0.6 is 23.4 Å². The van der Waals surface area contributed by atoms with Gasteiger partial charge in [-0.05, 0) is 29.8 Å². The number of nitrogens with zero attached hydrogens (tertiary/aromatic N) is 5. The maximum absolute atomic E-state index is 9.44. The van der Waals surface area contributed by atoms with Crippen molar-refractivity contribution >= 4 is 34.5 Å². The minimum absolute atomic E-state index is 0.556. The Bertz CT molecular complexity index is 1510. The molecule has 9 heteroatoms. The summed E-state index contributed by atoms with van der Waals surface area (Å²) in [6.45, 7) is 0. The van der Waals surface area contributed by atoms with Gasteiger partial charge in [0.2, 0.25) is 0 Å². The third kappa shape index (κ3) is 3.75. The Hall–Kier alpha value is -3.67. The maximum Gasteiger partial charge on any atom is 0.196 e. The molecule has 0 aliphatic rings. The molecule has 0 aliphatic heterocycles. The van der Waals surface area contributed by atoms with Gasteiger partial charge in [-0.1, -0.05) is 41.6 Å². The molecule has 164 valence electrons. The molecule has 0 saturated carbocycles. The van der Waals surface area contributed by atoms with Gasteiger partial charge in [0, 0.05) is 30.0 Å². The highest BCUT2D eigenvalue weighted by molar-refractivity contribution is 7.98. The van der Waals surface area contributed by atoms with Gasteiger partial charge < -0.3 is 13.7 Å². The van der Waals surface area contributed by atoms with E-state index in [1.54, 1.807) is 19.4 Å². The van der Waals surface area contributed by atoms with Crippen molar-refractivity contribution in [2.75, 3.05) is 7.11 Å². The standard InChI is InChI=1S/C24H18ClN5O2S/c1-29-18-9-10-32-22(18)12-20(29)23-27-28-24(33-14-16-6-4-3-5-15(16)13-26)30(23)19-11-17(25)7-8-21(19)31-2/h3-12H,14H2,1-2H3. The zero-order valence-corrected chi connectivity index (χ0v) is 19.4. The van der Waals surface area contributed by atoms with Crippen LogP contribution in [0.25, 0.3) is 28.3 Å². The first-order valence-electron chi connectivity index (χ1n) is 10.0. The number of benzene rings is 2. The van der Waals surface area contributed by atoms with Crippen molar-refractivity contribution in [1.82, 2.24) is 19.3 Å². The van der Waals surface area contributed by atoms with Gasteiger partial charge in [0.25, 0.3) is 0 Å². The van der Waals surface area contributed by atoms with Crippen LogP contribution in [0.4, 0.5) is 0 Å². The number of halogens is 1. The first kappa shape index (κ1) is 21.2. The number of aromatic nitrogens is 4. The van der Waals surface area contributed by atoms with Crippen LogP contribution in [0.15, 0.2) is 70.4 Å². The summed E-state index contributed by atoms with van der Waals surface area (Å²) in [5.74, 6) is 1.82. The molecule has 5 rings (SSSR count). The monoisotopic (exact) mass is 475 g/mol. The van der Waals surface area contributed by atoms with Gasteiger partial charge in [-0.25, -0.2) is 0 Å². The summed E-state index contributed by atoms with van der Waals surface area (Å²) in [4.78, 5) is 0. The predicted molar refractivity (Wildman–Crippen MR) is 128 cm³/mol. The summed E-state index contributed by atoms with van der Waals surface area (Å²) < 4.78 is 15.2. The van der Waals surface area contributed by atoms with Crippen molar-refractivity contribution in [2.24, 2.45) is 7.05 Å². The lowest BCUT2D eigenvalue weighted by Gasteiger charge is -2.15. The molecule has 0 spiro atoms. The quantitative estimate of drug-likeness (QED) is 0.287. The fourth-order valence-corrected chi connectivity index (χ4v) is 4.86.